The number of nitrogens with one attached hydrogen (secondary N) is 2. The lowest BCUT2D eigenvalue weighted by atomic mass is 10.2. The normalized spacial score (nSPS) is 14.9. The Bertz CT molecular complexity index is 813. The first-order valence-electron chi connectivity index (χ1n) is 9.80. The van der Waals surface area contributed by atoms with Crippen LogP contribution < -0.4 is 20.1 Å². The molecule has 0 spiro atoms. The number of hydrogen-bond acceptors (Lipinski definition) is 5. The number of aryl methyl sites for hydroxylation is 2. The third-order valence-corrected chi connectivity index (χ3v) is 6.03. The van der Waals surface area contributed by atoms with Crippen molar-refractivity contribution >= 4 is 17.3 Å². The van der Waals surface area contributed by atoms with Gasteiger partial charge in [0.25, 0.3) is 0 Å². The predicted molar refractivity (Wildman–Crippen MR) is 115 cm³/mol. The van der Waals surface area contributed by atoms with E-state index >= 15 is 0 Å². The molecule has 0 bridgehead atoms. The first kappa shape index (κ1) is 20.5. The summed E-state index contributed by atoms with van der Waals surface area (Å²) in [6.07, 6.45) is 5.05. The van der Waals surface area contributed by atoms with E-state index in [1.165, 1.54) is 17.7 Å². The van der Waals surface area contributed by atoms with E-state index < -0.39 is 0 Å². The number of thiazole rings is 1. The molecule has 0 aliphatic heterocycles. The van der Waals surface area contributed by atoms with Crippen molar-refractivity contribution in [2.24, 2.45) is 4.99 Å². The average Bonchev–Trinajstić information content (AvgIpc) is 3.31. The Balaban J connectivity index is 1.62. The smallest absolute Gasteiger partial charge is 0.191 e. The zero-order chi connectivity index (χ0) is 19.9. The Morgan fingerprint density at radius 1 is 1.21 bits per heavy atom. The Morgan fingerprint density at radius 2 is 1.96 bits per heavy atom. The number of aromatic nitrogens is 1. The van der Waals surface area contributed by atoms with Crippen LogP contribution in [0.3, 0.4) is 0 Å². The maximum atomic E-state index is 6.28. The van der Waals surface area contributed by atoms with Gasteiger partial charge in [0, 0.05) is 30.1 Å². The molecular weight excluding hydrogens is 372 g/mol. The van der Waals surface area contributed by atoms with Gasteiger partial charge in [0.15, 0.2) is 5.96 Å². The standard InChI is InChI=1S/C21H30N4O2S/c1-14-20(28-15(2)25-14)13-24-21(22-3)23-12-16-9-10-18(26-4)11-19(16)27-17-7-5-6-8-17/h9-11,17H,5-8,12-13H2,1-4H3,(H2,22,23,24). The number of nitrogens with zero attached hydrogens (tertiary/aromatic N) is 2. The van der Waals surface area contributed by atoms with Gasteiger partial charge in [-0.15, -0.1) is 11.3 Å². The van der Waals surface area contributed by atoms with Gasteiger partial charge in [0.05, 0.1) is 30.5 Å². The van der Waals surface area contributed by atoms with Crippen LogP contribution in [-0.2, 0) is 13.1 Å². The van der Waals surface area contributed by atoms with Gasteiger partial charge >= 0.3 is 0 Å². The summed E-state index contributed by atoms with van der Waals surface area (Å²) in [6.45, 7) is 5.42. The summed E-state index contributed by atoms with van der Waals surface area (Å²) in [6, 6.07) is 6.01. The molecule has 1 aliphatic rings. The maximum Gasteiger partial charge on any atom is 0.191 e. The van der Waals surface area contributed by atoms with E-state index in [0.29, 0.717) is 19.2 Å². The predicted octanol–water partition coefficient (Wildman–Crippen LogP) is 3.96. The molecule has 2 N–H and O–H groups in total. The van der Waals surface area contributed by atoms with Gasteiger partial charge < -0.3 is 20.1 Å². The maximum absolute atomic E-state index is 6.28. The monoisotopic (exact) mass is 402 g/mol. The van der Waals surface area contributed by atoms with E-state index in [0.717, 1.165) is 46.6 Å². The van der Waals surface area contributed by atoms with Gasteiger partial charge in [0.2, 0.25) is 0 Å². The number of hydrogen-bond donors (Lipinski definition) is 2. The van der Waals surface area contributed by atoms with E-state index in [-0.39, 0.29) is 0 Å². The zero-order valence-electron chi connectivity index (χ0n) is 17.2. The van der Waals surface area contributed by atoms with Crippen LogP contribution in [0.25, 0.3) is 0 Å². The Labute approximate surface area is 171 Å². The summed E-state index contributed by atoms with van der Waals surface area (Å²) in [7, 11) is 3.46. The van der Waals surface area contributed by atoms with Crippen LogP contribution in [0.5, 0.6) is 11.5 Å². The number of rotatable bonds is 7. The Kier molecular flexibility index (Phi) is 7.14. The summed E-state index contributed by atoms with van der Waals surface area (Å²) < 4.78 is 11.7. The largest absolute Gasteiger partial charge is 0.497 e. The van der Waals surface area contributed by atoms with Crippen molar-refractivity contribution in [2.75, 3.05) is 14.2 Å². The van der Waals surface area contributed by atoms with E-state index in [1.807, 2.05) is 26.0 Å². The molecule has 7 heteroatoms. The van der Waals surface area contributed by atoms with Crippen molar-refractivity contribution in [3.63, 3.8) is 0 Å². The van der Waals surface area contributed by atoms with Crippen LogP contribution in [0.15, 0.2) is 23.2 Å². The van der Waals surface area contributed by atoms with Crippen LogP contribution >= 0.6 is 11.3 Å². The van der Waals surface area contributed by atoms with E-state index in [4.69, 9.17) is 9.47 Å². The van der Waals surface area contributed by atoms with E-state index in [1.54, 1.807) is 25.5 Å². The topological polar surface area (TPSA) is 67.8 Å². The first-order chi connectivity index (χ1) is 13.6. The Hall–Kier alpha value is -2.28. The van der Waals surface area contributed by atoms with Gasteiger partial charge in [-0.1, -0.05) is 0 Å². The first-order valence-corrected chi connectivity index (χ1v) is 10.6. The van der Waals surface area contributed by atoms with Crippen molar-refractivity contribution in [3.8, 4) is 11.5 Å². The van der Waals surface area contributed by atoms with Crippen LogP contribution in [0.1, 0.15) is 46.8 Å². The molecule has 0 radical (unpaired) electrons. The number of methoxy groups -OCH3 is 1. The van der Waals surface area contributed by atoms with Gasteiger partial charge in [-0.2, -0.15) is 0 Å². The third-order valence-electron chi connectivity index (χ3n) is 4.96. The third kappa shape index (κ3) is 5.38. The molecule has 3 rings (SSSR count). The van der Waals surface area contributed by atoms with E-state index in [9.17, 15) is 0 Å². The SMILES string of the molecule is CN=C(NCc1ccc(OC)cc1OC1CCCC1)NCc1sc(C)nc1C. The molecule has 0 atom stereocenters. The molecule has 28 heavy (non-hydrogen) atoms. The van der Waals surface area contributed by atoms with Crippen molar-refractivity contribution in [2.45, 2.75) is 58.7 Å². The second-order valence-corrected chi connectivity index (χ2v) is 8.31. The molecular formula is C21H30N4O2S. The summed E-state index contributed by atoms with van der Waals surface area (Å²) in [5, 5.41) is 7.84. The lowest BCUT2D eigenvalue weighted by Crippen LogP contribution is -2.36. The molecule has 6 nitrogen and oxygen atoms in total. The van der Waals surface area contributed by atoms with Crippen LogP contribution in [0.4, 0.5) is 0 Å². The molecule has 0 unspecified atom stereocenters. The lowest BCUT2D eigenvalue weighted by molar-refractivity contribution is 0.207. The summed E-state index contributed by atoms with van der Waals surface area (Å²) >= 11 is 1.72. The second-order valence-electron chi connectivity index (χ2n) is 7.02. The summed E-state index contributed by atoms with van der Waals surface area (Å²) in [4.78, 5) is 10.0. The van der Waals surface area contributed by atoms with Crippen molar-refractivity contribution in [3.05, 3.63) is 39.3 Å². The quantitative estimate of drug-likeness (QED) is 0.542. The van der Waals surface area contributed by atoms with E-state index in [2.05, 4.69) is 26.7 Å². The minimum atomic E-state index is 0.306. The summed E-state index contributed by atoms with van der Waals surface area (Å²) in [5.41, 5.74) is 2.17. The summed E-state index contributed by atoms with van der Waals surface area (Å²) in [5.74, 6) is 2.46. The number of ether oxygens (including phenoxy) is 2. The zero-order valence-corrected chi connectivity index (χ0v) is 18.0. The second kappa shape index (κ2) is 9.78. The highest BCUT2D eigenvalue weighted by molar-refractivity contribution is 7.11. The molecule has 152 valence electrons. The molecule has 2 aromatic rings. The average molecular weight is 403 g/mol. The van der Waals surface area contributed by atoms with Gasteiger partial charge in [0.1, 0.15) is 11.5 Å². The molecule has 1 fully saturated rings. The minimum Gasteiger partial charge on any atom is -0.497 e. The Morgan fingerprint density at radius 3 is 2.61 bits per heavy atom. The van der Waals surface area contributed by atoms with Crippen LogP contribution in [-0.4, -0.2) is 31.2 Å². The fraction of sp³-hybridized carbons (Fsp3) is 0.524. The highest BCUT2D eigenvalue weighted by Gasteiger charge is 2.18. The molecule has 0 amide bonds. The number of benzene rings is 1. The van der Waals surface area contributed by atoms with Crippen LogP contribution in [0, 0.1) is 13.8 Å². The molecule has 1 saturated carbocycles. The van der Waals surface area contributed by atoms with Crippen molar-refractivity contribution in [1.29, 1.82) is 0 Å². The molecule has 1 aromatic carbocycles. The highest BCUT2D eigenvalue weighted by atomic mass is 32.1. The van der Waals surface area contributed by atoms with Crippen molar-refractivity contribution in [1.82, 2.24) is 15.6 Å². The molecule has 1 heterocycles. The molecule has 1 aromatic heterocycles. The fourth-order valence-electron chi connectivity index (χ4n) is 3.40. The van der Waals surface area contributed by atoms with Gasteiger partial charge in [-0.25, -0.2) is 4.98 Å². The minimum absolute atomic E-state index is 0.306. The fourth-order valence-corrected chi connectivity index (χ4v) is 4.28. The number of guanidine groups is 1. The highest BCUT2D eigenvalue weighted by Crippen LogP contribution is 2.30. The van der Waals surface area contributed by atoms with Gasteiger partial charge in [-0.05, 0) is 51.7 Å². The molecule has 1 aliphatic carbocycles. The van der Waals surface area contributed by atoms with Crippen LogP contribution in [0.2, 0.25) is 0 Å². The lowest BCUT2D eigenvalue weighted by Gasteiger charge is -2.18. The molecule has 0 saturated heterocycles. The number of aliphatic imine (C=N–C) groups is 1. The van der Waals surface area contributed by atoms with Gasteiger partial charge in [-0.3, -0.25) is 4.99 Å². The van der Waals surface area contributed by atoms with Crippen molar-refractivity contribution < 1.29 is 9.47 Å².